The Morgan fingerprint density at radius 1 is 1.43 bits per heavy atom. The van der Waals surface area contributed by atoms with Crippen molar-refractivity contribution < 1.29 is 13.9 Å². The number of halogens is 1. The highest BCUT2D eigenvalue weighted by atomic mass is 19.1. The monoisotopic (exact) mass is 288 g/mol. The number of hydrogen-bond donors (Lipinski definition) is 0. The number of aromatic nitrogens is 1. The summed E-state index contributed by atoms with van der Waals surface area (Å²) >= 11 is 0. The van der Waals surface area contributed by atoms with Crippen molar-refractivity contribution in [2.75, 3.05) is 0 Å². The fraction of sp³-hybridized carbons (Fsp3) is 0.375. The van der Waals surface area contributed by atoms with Crippen LogP contribution in [0.3, 0.4) is 0 Å². The zero-order valence-corrected chi connectivity index (χ0v) is 11.7. The summed E-state index contributed by atoms with van der Waals surface area (Å²) in [5.41, 5.74) is 1.89. The van der Waals surface area contributed by atoms with Crippen molar-refractivity contribution in [3.05, 3.63) is 48.8 Å². The van der Waals surface area contributed by atoms with Gasteiger partial charge in [-0.05, 0) is 49.0 Å². The van der Waals surface area contributed by atoms with E-state index in [1.165, 1.54) is 12.3 Å². The maximum Gasteiger partial charge on any atom is 0.415 e. The highest BCUT2D eigenvalue weighted by Crippen LogP contribution is 2.39. The van der Waals surface area contributed by atoms with Gasteiger partial charge in [-0.15, -0.1) is 0 Å². The molecule has 0 spiro atoms. The lowest BCUT2D eigenvalue weighted by Crippen LogP contribution is -2.40. The normalized spacial score (nSPS) is 24.2. The summed E-state index contributed by atoms with van der Waals surface area (Å²) in [5.74, 6) is -0.500. The Morgan fingerprint density at radius 2 is 2.29 bits per heavy atom. The van der Waals surface area contributed by atoms with Gasteiger partial charge in [-0.2, -0.15) is 4.39 Å². The molecule has 0 aliphatic carbocycles. The summed E-state index contributed by atoms with van der Waals surface area (Å²) in [6.07, 6.45) is 8.12. The molecule has 2 atom stereocenters. The van der Waals surface area contributed by atoms with Gasteiger partial charge in [-0.25, -0.2) is 9.78 Å². The van der Waals surface area contributed by atoms with E-state index < -0.39 is 5.95 Å². The molecule has 1 fully saturated rings. The minimum atomic E-state index is -0.500. The maximum atomic E-state index is 13.0. The van der Waals surface area contributed by atoms with Gasteiger partial charge in [0.05, 0.1) is 12.3 Å². The average Bonchev–Trinajstić information content (AvgIpc) is 2.77. The molecule has 1 aromatic rings. The number of amides is 1. The van der Waals surface area contributed by atoms with Crippen LogP contribution in [0.1, 0.15) is 31.2 Å². The summed E-state index contributed by atoms with van der Waals surface area (Å²) in [5, 5.41) is 0. The van der Waals surface area contributed by atoms with Crippen molar-refractivity contribution in [1.82, 2.24) is 9.88 Å². The van der Waals surface area contributed by atoms with Crippen LogP contribution in [0, 0.1) is 5.95 Å². The van der Waals surface area contributed by atoms with Gasteiger partial charge in [0.15, 0.2) is 0 Å². The van der Waals surface area contributed by atoms with E-state index in [2.05, 4.69) is 17.6 Å². The van der Waals surface area contributed by atoms with Gasteiger partial charge < -0.3 is 4.74 Å². The van der Waals surface area contributed by atoms with Crippen LogP contribution in [-0.2, 0) is 4.74 Å². The molecule has 2 bridgehead atoms. The van der Waals surface area contributed by atoms with Crippen LogP contribution in [0.5, 0.6) is 0 Å². The molecule has 2 aliphatic heterocycles. The van der Waals surface area contributed by atoms with Crippen molar-refractivity contribution in [1.29, 1.82) is 0 Å². The first-order valence-corrected chi connectivity index (χ1v) is 7.12. The van der Waals surface area contributed by atoms with E-state index in [0.717, 1.165) is 43.1 Å². The van der Waals surface area contributed by atoms with E-state index >= 15 is 0 Å². The van der Waals surface area contributed by atoms with Gasteiger partial charge in [0.25, 0.3) is 0 Å². The summed E-state index contributed by atoms with van der Waals surface area (Å²) in [4.78, 5) is 17.7. The smallest absolute Gasteiger partial charge is 0.415 e. The number of hydrogen-bond acceptors (Lipinski definition) is 3. The molecular formula is C16H17FN2O2. The summed E-state index contributed by atoms with van der Waals surface area (Å²) in [6.45, 7) is 3.44. The van der Waals surface area contributed by atoms with Crippen molar-refractivity contribution in [2.24, 2.45) is 0 Å². The van der Waals surface area contributed by atoms with E-state index in [-0.39, 0.29) is 18.2 Å². The lowest BCUT2D eigenvalue weighted by Gasteiger charge is -2.28. The Hall–Kier alpha value is -2.17. The van der Waals surface area contributed by atoms with Crippen molar-refractivity contribution in [3.8, 4) is 0 Å². The van der Waals surface area contributed by atoms with Gasteiger partial charge >= 0.3 is 6.09 Å². The van der Waals surface area contributed by atoms with Crippen molar-refractivity contribution in [2.45, 2.75) is 37.8 Å². The molecule has 1 saturated heterocycles. The Morgan fingerprint density at radius 3 is 3.00 bits per heavy atom. The Labute approximate surface area is 122 Å². The molecule has 1 amide bonds. The number of nitrogens with zero attached hydrogens (tertiary/aromatic N) is 2. The highest BCUT2D eigenvalue weighted by molar-refractivity contribution is 5.77. The molecule has 0 N–H and O–H groups in total. The maximum absolute atomic E-state index is 13.0. The molecule has 2 aliphatic rings. The van der Waals surface area contributed by atoms with Crippen LogP contribution in [0.4, 0.5) is 9.18 Å². The first-order valence-electron chi connectivity index (χ1n) is 7.12. The quantitative estimate of drug-likeness (QED) is 0.618. The SMILES string of the molecule is C=COC(=O)N1C2CCC=C(c3ccc(F)nc3)C1CC2. The zero-order valence-electron chi connectivity index (χ0n) is 11.7. The molecular weight excluding hydrogens is 271 g/mol. The third kappa shape index (κ3) is 2.55. The van der Waals surface area contributed by atoms with Gasteiger partial charge in [0.2, 0.25) is 5.95 Å². The van der Waals surface area contributed by atoms with E-state index in [1.807, 2.05) is 0 Å². The Bertz CT molecular complexity index is 582. The molecule has 21 heavy (non-hydrogen) atoms. The van der Waals surface area contributed by atoms with E-state index in [0.29, 0.717) is 0 Å². The fourth-order valence-electron chi connectivity index (χ4n) is 3.30. The highest BCUT2D eigenvalue weighted by Gasteiger charge is 2.41. The number of carbonyl (C=O) groups is 1. The zero-order chi connectivity index (χ0) is 14.8. The predicted octanol–water partition coefficient (Wildman–Crippen LogP) is 3.51. The van der Waals surface area contributed by atoms with Crippen LogP contribution in [0.25, 0.3) is 5.57 Å². The molecule has 3 rings (SSSR count). The second-order valence-corrected chi connectivity index (χ2v) is 5.31. The van der Waals surface area contributed by atoms with Crippen molar-refractivity contribution in [3.63, 3.8) is 0 Å². The van der Waals surface area contributed by atoms with Gasteiger partial charge in [0, 0.05) is 12.2 Å². The van der Waals surface area contributed by atoms with Gasteiger partial charge in [0.1, 0.15) is 0 Å². The first-order chi connectivity index (χ1) is 10.2. The van der Waals surface area contributed by atoms with Crippen LogP contribution in [0.2, 0.25) is 0 Å². The fourth-order valence-corrected chi connectivity index (χ4v) is 3.30. The first kappa shape index (κ1) is 13.8. The number of rotatable bonds is 2. The Kier molecular flexibility index (Phi) is 3.73. The summed E-state index contributed by atoms with van der Waals surface area (Å²) in [7, 11) is 0. The lowest BCUT2D eigenvalue weighted by atomic mass is 9.95. The number of pyridine rings is 1. The minimum Gasteiger partial charge on any atom is -0.419 e. The molecule has 0 aromatic carbocycles. The molecule has 1 aromatic heterocycles. The standard InChI is InChI=1S/C16H17FN2O2/c1-2-21-16(20)19-12-4-3-5-13(14(19)8-7-12)11-6-9-15(17)18-10-11/h2,5-6,9-10,12,14H,1,3-4,7-8H2. The second-order valence-electron chi connectivity index (χ2n) is 5.31. The third-order valence-corrected chi connectivity index (χ3v) is 4.18. The largest absolute Gasteiger partial charge is 0.419 e. The molecule has 3 heterocycles. The number of ether oxygens (including phenoxy) is 1. The molecule has 4 nitrogen and oxygen atoms in total. The lowest BCUT2D eigenvalue weighted by molar-refractivity contribution is 0.123. The minimum absolute atomic E-state index is 0.0304. The summed E-state index contributed by atoms with van der Waals surface area (Å²) < 4.78 is 18.0. The van der Waals surface area contributed by atoms with Crippen molar-refractivity contribution >= 4 is 11.7 Å². The van der Waals surface area contributed by atoms with E-state index in [1.54, 1.807) is 11.0 Å². The average molecular weight is 288 g/mol. The molecule has 2 unspecified atom stereocenters. The van der Waals surface area contributed by atoms with Gasteiger partial charge in [-0.1, -0.05) is 12.7 Å². The number of carbonyl (C=O) groups excluding carboxylic acids is 1. The van der Waals surface area contributed by atoms with Crippen LogP contribution < -0.4 is 0 Å². The number of fused-ring (bicyclic) bond motifs is 2. The Balaban J connectivity index is 1.93. The second kappa shape index (κ2) is 5.68. The predicted molar refractivity (Wildman–Crippen MR) is 76.7 cm³/mol. The summed E-state index contributed by atoms with van der Waals surface area (Å²) in [6, 6.07) is 3.23. The van der Waals surface area contributed by atoms with Crippen LogP contribution in [0.15, 0.2) is 37.2 Å². The topological polar surface area (TPSA) is 42.4 Å². The molecule has 0 radical (unpaired) electrons. The molecule has 110 valence electrons. The number of allylic oxidation sites excluding steroid dienone is 1. The molecule has 0 saturated carbocycles. The van der Waals surface area contributed by atoms with Crippen LogP contribution in [-0.4, -0.2) is 28.1 Å². The van der Waals surface area contributed by atoms with E-state index in [4.69, 9.17) is 4.74 Å². The third-order valence-electron chi connectivity index (χ3n) is 4.18. The van der Waals surface area contributed by atoms with E-state index in [9.17, 15) is 9.18 Å². The van der Waals surface area contributed by atoms with Gasteiger partial charge in [-0.3, -0.25) is 4.90 Å². The van der Waals surface area contributed by atoms with Crippen LogP contribution >= 0.6 is 0 Å². The molecule has 5 heteroatoms.